The summed E-state index contributed by atoms with van der Waals surface area (Å²) in [5, 5.41) is 19.5. The highest BCUT2D eigenvalue weighted by atomic mass is 16.4. The minimum absolute atomic E-state index is 0.462. The van der Waals surface area contributed by atoms with Crippen LogP contribution in [-0.4, -0.2) is 78.3 Å². The van der Waals surface area contributed by atoms with Gasteiger partial charge >= 0.3 is 18.0 Å². The van der Waals surface area contributed by atoms with E-state index >= 15 is 0 Å². The lowest BCUT2D eigenvalue weighted by Crippen LogP contribution is -2.48. The van der Waals surface area contributed by atoms with Crippen LogP contribution in [0.1, 0.15) is 12.8 Å². The number of hydrogen-bond donors (Lipinski definition) is 3. The number of aliphatic carboxylic acids is 2. The molecule has 19 heavy (non-hydrogen) atoms. The van der Waals surface area contributed by atoms with Gasteiger partial charge in [0.05, 0.1) is 6.42 Å². The van der Waals surface area contributed by atoms with E-state index in [4.69, 9.17) is 10.2 Å². The molecule has 0 radical (unpaired) electrons. The molecule has 0 heterocycles. The van der Waals surface area contributed by atoms with Crippen molar-refractivity contribution < 1.29 is 24.6 Å². The lowest BCUT2D eigenvalue weighted by Gasteiger charge is -2.21. The molecule has 0 saturated heterocycles. The van der Waals surface area contributed by atoms with Crippen LogP contribution in [0, 0.1) is 0 Å². The van der Waals surface area contributed by atoms with Crippen molar-refractivity contribution in [2.24, 2.45) is 0 Å². The average molecular weight is 275 g/mol. The number of nitrogens with zero attached hydrogens (tertiary/aromatic N) is 2. The summed E-state index contributed by atoms with van der Waals surface area (Å²) < 4.78 is 0. The first-order valence-electron chi connectivity index (χ1n) is 5.85. The van der Waals surface area contributed by atoms with Crippen molar-refractivity contribution in [3.8, 4) is 0 Å². The van der Waals surface area contributed by atoms with Crippen LogP contribution >= 0.6 is 0 Å². The lowest BCUT2D eigenvalue weighted by molar-refractivity contribution is -0.145. The summed E-state index contributed by atoms with van der Waals surface area (Å²) in [6, 6.07) is -2.01. The highest BCUT2D eigenvalue weighted by Crippen LogP contribution is 1.96. The van der Waals surface area contributed by atoms with Crippen LogP contribution in [0.25, 0.3) is 0 Å². The van der Waals surface area contributed by atoms with Gasteiger partial charge in [-0.3, -0.25) is 4.79 Å². The monoisotopic (exact) mass is 275 g/mol. The van der Waals surface area contributed by atoms with Gasteiger partial charge in [0, 0.05) is 13.6 Å². The summed E-state index contributed by atoms with van der Waals surface area (Å²) >= 11 is 0. The maximum Gasteiger partial charge on any atom is 0.326 e. The summed E-state index contributed by atoms with van der Waals surface area (Å²) in [6.07, 6.45) is 0.0974. The molecule has 0 aliphatic heterocycles. The number of carboxylic acids is 2. The van der Waals surface area contributed by atoms with Crippen LogP contribution in [0.3, 0.4) is 0 Å². The molecule has 0 aromatic carbocycles. The molecule has 8 heteroatoms. The van der Waals surface area contributed by atoms with Gasteiger partial charge in [-0.2, -0.15) is 0 Å². The van der Waals surface area contributed by atoms with Gasteiger partial charge in [0.15, 0.2) is 0 Å². The van der Waals surface area contributed by atoms with Gasteiger partial charge in [0.25, 0.3) is 0 Å². The van der Waals surface area contributed by atoms with E-state index < -0.39 is 30.4 Å². The van der Waals surface area contributed by atoms with E-state index in [1.807, 2.05) is 19.0 Å². The first kappa shape index (κ1) is 17.2. The minimum Gasteiger partial charge on any atom is -0.481 e. The predicted octanol–water partition coefficient (Wildman–Crippen LogP) is -0.493. The number of urea groups is 1. The molecule has 0 bridgehead atoms. The molecular formula is C11H21N3O5. The van der Waals surface area contributed by atoms with E-state index in [1.165, 1.54) is 11.9 Å². The Kier molecular flexibility index (Phi) is 7.50. The van der Waals surface area contributed by atoms with Gasteiger partial charge in [-0.1, -0.05) is 0 Å². The molecule has 0 aliphatic rings. The third-order valence-corrected chi connectivity index (χ3v) is 2.42. The summed E-state index contributed by atoms with van der Waals surface area (Å²) in [4.78, 5) is 36.2. The maximum atomic E-state index is 11.7. The fourth-order valence-corrected chi connectivity index (χ4v) is 1.36. The van der Waals surface area contributed by atoms with Gasteiger partial charge in [-0.15, -0.1) is 0 Å². The summed E-state index contributed by atoms with van der Waals surface area (Å²) in [6.45, 7) is 1.26. The second-order valence-corrected chi connectivity index (χ2v) is 4.52. The van der Waals surface area contributed by atoms with Gasteiger partial charge in [-0.05, 0) is 27.1 Å². The Labute approximate surface area is 112 Å². The van der Waals surface area contributed by atoms with Gasteiger partial charge in [-0.25, -0.2) is 9.59 Å². The Morgan fingerprint density at radius 3 is 2.11 bits per heavy atom. The van der Waals surface area contributed by atoms with E-state index in [0.717, 1.165) is 13.0 Å². The van der Waals surface area contributed by atoms with Crippen molar-refractivity contribution in [2.75, 3.05) is 34.2 Å². The molecule has 1 unspecified atom stereocenters. The Hall–Kier alpha value is -1.83. The summed E-state index contributed by atoms with van der Waals surface area (Å²) in [5.74, 6) is -2.64. The van der Waals surface area contributed by atoms with Gasteiger partial charge in [0.1, 0.15) is 6.04 Å². The Bertz CT molecular complexity index is 332. The first-order valence-corrected chi connectivity index (χ1v) is 5.85. The van der Waals surface area contributed by atoms with Crippen molar-refractivity contribution in [2.45, 2.75) is 18.9 Å². The smallest absolute Gasteiger partial charge is 0.326 e. The van der Waals surface area contributed by atoms with Gasteiger partial charge in [0.2, 0.25) is 0 Å². The zero-order valence-electron chi connectivity index (χ0n) is 11.4. The number of hydrogen-bond acceptors (Lipinski definition) is 4. The predicted molar refractivity (Wildman–Crippen MR) is 68.0 cm³/mol. The Morgan fingerprint density at radius 2 is 1.68 bits per heavy atom. The van der Waals surface area contributed by atoms with Crippen LogP contribution < -0.4 is 5.32 Å². The molecule has 0 spiro atoms. The summed E-state index contributed by atoms with van der Waals surface area (Å²) in [7, 11) is 5.35. The number of nitrogens with one attached hydrogen (secondary N) is 1. The molecule has 0 aliphatic carbocycles. The second kappa shape index (κ2) is 8.30. The molecule has 0 rings (SSSR count). The van der Waals surface area contributed by atoms with Gasteiger partial charge < -0.3 is 25.3 Å². The van der Waals surface area contributed by atoms with E-state index in [0.29, 0.717) is 6.54 Å². The van der Waals surface area contributed by atoms with E-state index in [9.17, 15) is 14.4 Å². The Balaban J connectivity index is 4.23. The summed E-state index contributed by atoms with van der Waals surface area (Å²) in [5.41, 5.74) is 0. The SMILES string of the molecule is CN(C)CCCN(C)C(=O)NC(CC(=O)O)C(=O)O. The number of carboxylic acid groups (broad SMARTS) is 2. The Morgan fingerprint density at radius 1 is 1.11 bits per heavy atom. The second-order valence-electron chi connectivity index (χ2n) is 4.52. The number of carbonyl (C=O) groups excluding carboxylic acids is 1. The number of carbonyl (C=O) groups is 3. The average Bonchev–Trinajstić information content (AvgIpc) is 2.26. The van der Waals surface area contributed by atoms with Crippen molar-refractivity contribution >= 4 is 18.0 Å². The number of amides is 2. The largest absolute Gasteiger partial charge is 0.481 e. The molecule has 110 valence electrons. The highest BCUT2D eigenvalue weighted by molar-refractivity contribution is 5.86. The van der Waals surface area contributed by atoms with Crippen LogP contribution in [0.5, 0.6) is 0 Å². The van der Waals surface area contributed by atoms with Crippen molar-refractivity contribution in [3.63, 3.8) is 0 Å². The van der Waals surface area contributed by atoms with Crippen LogP contribution in [-0.2, 0) is 9.59 Å². The molecule has 0 aromatic heterocycles. The molecule has 1 atom stereocenters. The van der Waals surface area contributed by atoms with E-state index in [-0.39, 0.29) is 0 Å². The fourth-order valence-electron chi connectivity index (χ4n) is 1.36. The van der Waals surface area contributed by atoms with Crippen LogP contribution in [0.2, 0.25) is 0 Å². The quantitative estimate of drug-likeness (QED) is 0.551. The molecule has 3 N–H and O–H groups in total. The molecule has 0 aromatic rings. The zero-order valence-corrected chi connectivity index (χ0v) is 11.4. The zero-order chi connectivity index (χ0) is 15.0. The normalized spacial score (nSPS) is 12.0. The molecule has 0 saturated carbocycles. The van der Waals surface area contributed by atoms with E-state index in [1.54, 1.807) is 0 Å². The molecule has 2 amide bonds. The molecular weight excluding hydrogens is 254 g/mol. The fraction of sp³-hybridized carbons (Fsp3) is 0.727. The first-order chi connectivity index (χ1) is 8.73. The number of rotatable bonds is 8. The molecule has 8 nitrogen and oxygen atoms in total. The topological polar surface area (TPSA) is 110 Å². The van der Waals surface area contributed by atoms with Crippen LogP contribution in [0.15, 0.2) is 0 Å². The standard InChI is InChI=1S/C11H21N3O5/c1-13(2)5-4-6-14(3)11(19)12-8(10(17)18)7-9(15)16/h8H,4-7H2,1-3H3,(H,12,19)(H,15,16)(H,17,18). The van der Waals surface area contributed by atoms with Crippen molar-refractivity contribution in [3.05, 3.63) is 0 Å². The van der Waals surface area contributed by atoms with E-state index in [2.05, 4.69) is 5.32 Å². The minimum atomic E-state index is -1.42. The van der Waals surface area contributed by atoms with Crippen molar-refractivity contribution in [1.82, 2.24) is 15.1 Å². The molecule has 0 fully saturated rings. The third kappa shape index (κ3) is 7.98. The third-order valence-electron chi connectivity index (χ3n) is 2.42. The highest BCUT2D eigenvalue weighted by Gasteiger charge is 2.24. The van der Waals surface area contributed by atoms with Crippen LogP contribution in [0.4, 0.5) is 4.79 Å². The lowest BCUT2D eigenvalue weighted by atomic mass is 10.2. The maximum absolute atomic E-state index is 11.7. The van der Waals surface area contributed by atoms with Crippen molar-refractivity contribution in [1.29, 1.82) is 0 Å².